The summed E-state index contributed by atoms with van der Waals surface area (Å²) in [6.45, 7) is 5.34. The number of fused-ring (bicyclic) bond motifs is 1. The fraction of sp³-hybridized carbons (Fsp3) is 0.429. The van der Waals surface area contributed by atoms with E-state index in [9.17, 15) is 4.79 Å². The van der Waals surface area contributed by atoms with E-state index in [0.29, 0.717) is 32.1 Å². The zero-order valence-electron chi connectivity index (χ0n) is 16.5. The smallest absolute Gasteiger partial charge is 0.224 e. The molecule has 2 aromatic rings. The van der Waals surface area contributed by atoms with Gasteiger partial charge in [0.05, 0.1) is 6.54 Å². The van der Waals surface area contributed by atoms with Gasteiger partial charge < -0.3 is 20.3 Å². The predicted molar refractivity (Wildman–Crippen MR) is 114 cm³/mol. The van der Waals surface area contributed by atoms with Crippen LogP contribution in [0.1, 0.15) is 22.4 Å². The summed E-state index contributed by atoms with van der Waals surface area (Å²) in [7, 11) is 1.72. The van der Waals surface area contributed by atoms with Crippen LogP contribution in [0, 0.1) is 6.92 Å². The number of rotatable bonds is 7. The molecule has 0 bridgehead atoms. The van der Waals surface area contributed by atoms with Gasteiger partial charge >= 0.3 is 0 Å². The topological polar surface area (TPSA) is 66.0 Å². The lowest BCUT2D eigenvalue weighted by molar-refractivity contribution is -0.131. The van der Waals surface area contributed by atoms with Gasteiger partial charge in [0.1, 0.15) is 12.4 Å². The average Bonchev–Trinajstić information content (AvgIpc) is 3.18. The number of guanidine groups is 1. The van der Waals surface area contributed by atoms with Crippen LogP contribution in [0.25, 0.3) is 0 Å². The highest BCUT2D eigenvalue weighted by Gasteiger charge is 2.20. The van der Waals surface area contributed by atoms with Crippen LogP contribution >= 0.6 is 11.3 Å². The molecule has 1 amide bonds. The molecule has 2 heterocycles. The summed E-state index contributed by atoms with van der Waals surface area (Å²) < 4.78 is 5.69. The third-order valence-corrected chi connectivity index (χ3v) is 5.72. The Morgan fingerprint density at radius 3 is 2.79 bits per heavy atom. The van der Waals surface area contributed by atoms with Gasteiger partial charge in [-0.2, -0.15) is 0 Å². The van der Waals surface area contributed by atoms with Crippen molar-refractivity contribution >= 4 is 23.2 Å². The maximum absolute atomic E-state index is 12.4. The number of ether oxygens (including phenoxy) is 1. The van der Waals surface area contributed by atoms with Crippen molar-refractivity contribution in [2.45, 2.75) is 26.3 Å². The van der Waals surface area contributed by atoms with E-state index in [1.807, 2.05) is 29.2 Å². The third kappa shape index (κ3) is 5.73. The summed E-state index contributed by atoms with van der Waals surface area (Å²) in [6, 6.07) is 10.1. The Kier molecular flexibility index (Phi) is 7.31. The van der Waals surface area contributed by atoms with E-state index in [1.165, 1.54) is 16.0 Å². The Hall–Kier alpha value is -2.54. The van der Waals surface area contributed by atoms with Crippen molar-refractivity contribution in [2.24, 2.45) is 4.99 Å². The molecule has 6 nitrogen and oxygen atoms in total. The normalized spacial score (nSPS) is 13.8. The Bertz CT molecular complexity index is 801. The summed E-state index contributed by atoms with van der Waals surface area (Å²) in [6.07, 6.45) is 1.43. The van der Waals surface area contributed by atoms with E-state index >= 15 is 0 Å². The van der Waals surface area contributed by atoms with Crippen molar-refractivity contribution < 1.29 is 9.53 Å². The minimum Gasteiger partial charge on any atom is -0.492 e. The van der Waals surface area contributed by atoms with Gasteiger partial charge in [0.15, 0.2) is 5.96 Å². The van der Waals surface area contributed by atoms with Gasteiger partial charge in [-0.1, -0.05) is 17.7 Å². The molecule has 0 saturated heterocycles. The first-order valence-electron chi connectivity index (χ1n) is 9.62. The fourth-order valence-electron chi connectivity index (χ4n) is 3.10. The highest BCUT2D eigenvalue weighted by Crippen LogP contribution is 2.24. The first-order valence-corrected chi connectivity index (χ1v) is 10.5. The van der Waals surface area contributed by atoms with Crippen LogP contribution < -0.4 is 15.4 Å². The van der Waals surface area contributed by atoms with Crippen LogP contribution in [0.4, 0.5) is 0 Å². The fourth-order valence-corrected chi connectivity index (χ4v) is 3.99. The molecular formula is C21H28N4O2S. The number of nitrogens with one attached hydrogen (secondary N) is 2. The number of aryl methyl sites for hydroxylation is 1. The molecule has 0 radical (unpaired) electrons. The summed E-state index contributed by atoms with van der Waals surface area (Å²) in [4.78, 5) is 20.0. The van der Waals surface area contributed by atoms with E-state index in [2.05, 4.69) is 34.0 Å². The van der Waals surface area contributed by atoms with Gasteiger partial charge in [0, 0.05) is 38.0 Å². The molecule has 0 atom stereocenters. The molecule has 7 heteroatoms. The number of hydrogen-bond acceptors (Lipinski definition) is 4. The number of thiophene rings is 1. The monoisotopic (exact) mass is 400 g/mol. The van der Waals surface area contributed by atoms with Crippen molar-refractivity contribution in [3.63, 3.8) is 0 Å². The number of benzene rings is 1. The van der Waals surface area contributed by atoms with Crippen molar-refractivity contribution in [1.29, 1.82) is 0 Å². The van der Waals surface area contributed by atoms with Gasteiger partial charge in [-0.25, -0.2) is 0 Å². The van der Waals surface area contributed by atoms with Gasteiger partial charge in [-0.05, 0) is 42.5 Å². The summed E-state index contributed by atoms with van der Waals surface area (Å²) in [5.74, 6) is 1.72. The molecule has 150 valence electrons. The van der Waals surface area contributed by atoms with E-state index in [4.69, 9.17) is 4.74 Å². The van der Waals surface area contributed by atoms with Crippen LogP contribution in [-0.2, 0) is 17.8 Å². The van der Waals surface area contributed by atoms with Gasteiger partial charge in [-0.15, -0.1) is 11.3 Å². The Morgan fingerprint density at radius 1 is 1.21 bits per heavy atom. The second-order valence-corrected chi connectivity index (χ2v) is 7.77. The first kappa shape index (κ1) is 20.2. The molecule has 28 heavy (non-hydrogen) atoms. The summed E-state index contributed by atoms with van der Waals surface area (Å²) in [5.41, 5.74) is 2.51. The number of carbonyl (C=O) groups excluding carboxylic acids is 1. The SMILES string of the molecule is CN=C(NCCOc1ccc(C)cc1)NCCC(=O)N1CCc2sccc2C1. The Morgan fingerprint density at radius 2 is 2.00 bits per heavy atom. The maximum Gasteiger partial charge on any atom is 0.224 e. The zero-order valence-corrected chi connectivity index (χ0v) is 17.3. The van der Waals surface area contributed by atoms with Crippen molar-refractivity contribution in [2.75, 3.05) is 33.3 Å². The van der Waals surface area contributed by atoms with Crippen molar-refractivity contribution in [3.05, 3.63) is 51.7 Å². The largest absolute Gasteiger partial charge is 0.492 e. The first-order chi connectivity index (χ1) is 13.7. The van der Waals surface area contributed by atoms with Gasteiger partial charge in [0.25, 0.3) is 0 Å². The van der Waals surface area contributed by atoms with Crippen LogP contribution in [0.2, 0.25) is 0 Å². The lowest BCUT2D eigenvalue weighted by atomic mass is 10.1. The van der Waals surface area contributed by atoms with Crippen molar-refractivity contribution in [1.82, 2.24) is 15.5 Å². The molecular weight excluding hydrogens is 372 g/mol. The number of carbonyl (C=O) groups is 1. The Labute approximate surface area is 170 Å². The van der Waals surface area contributed by atoms with Gasteiger partial charge in [0.2, 0.25) is 5.91 Å². The number of aliphatic imine (C=N–C) groups is 1. The highest BCUT2D eigenvalue weighted by atomic mass is 32.1. The lowest BCUT2D eigenvalue weighted by Crippen LogP contribution is -2.42. The number of nitrogens with zero attached hydrogens (tertiary/aromatic N) is 2. The minimum absolute atomic E-state index is 0.183. The summed E-state index contributed by atoms with van der Waals surface area (Å²) >= 11 is 1.79. The van der Waals surface area contributed by atoms with Crippen LogP contribution in [0.3, 0.4) is 0 Å². The molecule has 2 N–H and O–H groups in total. The average molecular weight is 401 g/mol. The second-order valence-electron chi connectivity index (χ2n) is 6.77. The molecule has 0 spiro atoms. The molecule has 1 aromatic heterocycles. The van der Waals surface area contributed by atoms with Gasteiger partial charge in [-0.3, -0.25) is 9.79 Å². The van der Waals surface area contributed by atoms with Crippen LogP contribution in [-0.4, -0.2) is 50.1 Å². The predicted octanol–water partition coefficient (Wildman–Crippen LogP) is 2.58. The highest BCUT2D eigenvalue weighted by molar-refractivity contribution is 7.10. The second kappa shape index (κ2) is 10.1. The summed E-state index contributed by atoms with van der Waals surface area (Å²) in [5, 5.41) is 8.51. The minimum atomic E-state index is 0.183. The van der Waals surface area contributed by atoms with E-state index in [1.54, 1.807) is 18.4 Å². The molecule has 1 aliphatic rings. The quantitative estimate of drug-likeness (QED) is 0.426. The van der Waals surface area contributed by atoms with E-state index in [0.717, 1.165) is 25.3 Å². The molecule has 0 aliphatic carbocycles. The standard InChI is InChI=1S/C21H28N4O2S/c1-16-3-5-18(6-4-16)27-13-11-24-21(22-2)23-10-7-20(26)25-12-8-19-17(15-25)9-14-28-19/h3-6,9,14H,7-8,10-13,15H2,1-2H3,(H2,22,23,24). The molecule has 1 aliphatic heterocycles. The van der Waals surface area contributed by atoms with E-state index < -0.39 is 0 Å². The zero-order chi connectivity index (χ0) is 19.8. The van der Waals surface area contributed by atoms with Crippen LogP contribution in [0.5, 0.6) is 5.75 Å². The van der Waals surface area contributed by atoms with E-state index in [-0.39, 0.29) is 5.91 Å². The lowest BCUT2D eigenvalue weighted by Gasteiger charge is -2.27. The third-order valence-electron chi connectivity index (χ3n) is 4.70. The molecule has 0 saturated carbocycles. The molecule has 0 unspecified atom stereocenters. The molecule has 3 rings (SSSR count). The number of amides is 1. The van der Waals surface area contributed by atoms with Crippen LogP contribution in [0.15, 0.2) is 40.7 Å². The molecule has 0 fully saturated rings. The maximum atomic E-state index is 12.4. The number of hydrogen-bond donors (Lipinski definition) is 2. The van der Waals surface area contributed by atoms with Crippen molar-refractivity contribution in [3.8, 4) is 5.75 Å². The molecule has 1 aromatic carbocycles. The Balaban J connectivity index is 1.32.